The lowest BCUT2D eigenvalue weighted by atomic mass is 10.2. The molecule has 128 valence electrons. The van der Waals surface area contributed by atoms with Crippen molar-refractivity contribution >= 4 is 21.7 Å². The number of ether oxygens (including phenoxy) is 1. The molecule has 6 heteroatoms. The Kier molecular flexibility index (Phi) is 5.98. The summed E-state index contributed by atoms with van der Waals surface area (Å²) in [5, 5.41) is 0. The first kappa shape index (κ1) is 18.0. The van der Waals surface area contributed by atoms with Gasteiger partial charge in [-0.1, -0.05) is 43.2 Å². The monoisotopic (exact) mass is 347 g/mol. The van der Waals surface area contributed by atoms with Gasteiger partial charge in [0, 0.05) is 0 Å². The summed E-state index contributed by atoms with van der Waals surface area (Å²) in [7, 11) is -3.77. The molecule has 0 radical (unpaired) electrons. The molecule has 0 aliphatic heterocycles. The summed E-state index contributed by atoms with van der Waals surface area (Å²) in [4.78, 5) is 12.3. The zero-order valence-corrected chi connectivity index (χ0v) is 14.6. The number of benzene rings is 2. The molecular weight excluding hydrogens is 326 g/mol. The Labute approximate surface area is 142 Å². The van der Waals surface area contributed by atoms with Gasteiger partial charge in [-0.15, -0.1) is 0 Å². The SMILES string of the molecule is CCCCOC(=O)c1ccccc1NS(=O)(=O)c1ccc(C)cc1. The summed E-state index contributed by atoms with van der Waals surface area (Å²) >= 11 is 0. The zero-order valence-electron chi connectivity index (χ0n) is 13.8. The Bertz CT molecular complexity index is 798. The molecule has 0 atom stereocenters. The third-order valence-electron chi connectivity index (χ3n) is 3.45. The second-order valence-electron chi connectivity index (χ2n) is 5.45. The number of hydrogen-bond donors (Lipinski definition) is 1. The molecule has 1 N–H and O–H groups in total. The Balaban J connectivity index is 2.23. The van der Waals surface area contributed by atoms with Crippen molar-refractivity contribution in [3.05, 3.63) is 59.7 Å². The van der Waals surface area contributed by atoms with Gasteiger partial charge in [-0.25, -0.2) is 13.2 Å². The fourth-order valence-electron chi connectivity index (χ4n) is 2.06. The van der Waals surface area contributed by atoms with Crippen LogP contribution in [0.3, 0.4) is 0 Å². The quantitative estimate of drug-likeness (QED) is 0.611. The third kappa shape index (κ3) is 4.58. The first-order chi connectivity index (χ1) is 11.4. The maximum Gasteiger partial charge on any atom is 0.340 e. The van der Waals surface area contributed by atoms with Crippen molar-refractivity contribution < 1.29 is 17.9 Å². The predicted molar refractivity (Wildman–Crippen MR) is 93.6 cm³/mol. The molecule has 24 heavy (non-hydrogen) atoms. The van der Waals surface area contributed by atoms with Gasteiger partial charge in [0.15, 0.2) is 0 Å². The van der Waals surface area contributed by atoms with E-state index >= 15 is 0 Å². The highest BCUT2D eigenvalue weighted by atomic mass is 32.2. The number of unbranched alkanes of at least 4 members (excludes halogenated alkanes) is 1. The lowest BCUT2D eigenvalue weighted by Crippen LogP contribution is -2.16. The molecule has 0 saturated carbocycles. The smallest absolute Gasteiger partial charge is 0.340 e. The summed E-state index contributed by atoms with van der Waals surface area (Å²) in [5.41, 5.74) is 1.37. The van der Waals surface area contributed by atoms with Crippen LogP contribution in [0.5, 0.6) is 0 Å². The molecule has 0 aliphatic carbocycles. The fourth-order valence-corrected chi connectivity index (χ4v) is 3.14. The normalized spacial score (nSPS) is 11.1. The standard InChI is InChI=1S/C18H21NO4S/c1-3-4-13-23-18(20)16-7-5-6-8-17(16)19-24(21,22)15-11-9-14(2)10-12-15/h5-12,19H,3-4,13H2,1-2H3. The second-order valence-corrected chi connectivity index (χ2v) is 7.14. The van der Waals surface area contributed by atoms with Crippen LogP contribution in [0, 0.1) is 6.92 Å². The fraction of sp³-hybridized carbons (Fsp3) is 0.278. The van der Waals surface area contributed by atoms with Gasteiger partial charge in [0.05, 0.1) is 22.8 Å². The van der Waals surface area contributed by atoms with Crippen LogP contribution in [0.2, 0.25) is 0 Å². The summed E-state index contributed by atoms with van der Waals surface area (Å²) in [6, 6.07) is 12.9. The number of carbonyl (C=O) groups is 1. The van der Waals surface area contributed by atoms with Crippen molar-refractivity contribution in [2.45, 2.75) is 31.6 Å². The van der Waals surface area contributed by atoms with Gasteiger partial charge in [-0.05, 0) is 37.6 Å². The Hall–Kier alpha value is -2.34. The Morgan fingerprint density at radius 1 is 1.08 bits per heavy atom. The van der Waals surface area contributed by atoms with Crippen LogP contribution in [0.25, 0.3) is 0 Å². The number of hydrogen-bond acceptors (Lipinski definition) is 4. The Morgan fingerprint density at radius 3 is 2.42 bits per heavy atom. The van der Waals surface area contributed by atoms with Gasteiger partial charge in [0.1, 0.15) is 0 Å². The van der Waals surface area contributed by atoms with Crippen LogP contribution in [-0.4, -0.2) is 21.0 Å². The first-order valence-electron chi connectivity index (χ1n) is 7.79. The molecule has 2 rings (SSSR count). The van der Waals surface area contributed by atoms with E-state index in [0.717, 1.165) is 18.4 Å². The maximum absolute atomic E-state index is 12.5. The summed E-state index contributed by atoms with van der Waals surface area (Å²) in [5.74, 6) is -0.536. The molecule has 0 fully saturated rings. The van der Waals surface area contributed by atoms with Crippen LogP contribution in [0.15, 0.2) is 53.4 Å². The number of aryl methyl sites for hydroxylation is 1. The van der Waals surface area contributed by atoms with Gasteiger partial charge in [-0.3, -0.25) is 4.72 Å². The maximum atomic E-state index is 12.5. The van der Waals surface area contributed by atoms with Gasteiger partial charge < -0.3 is 4.74 Å². The molecule has 0 spiro atoms. The minimum atomic E-state index is -3.77. The van der Waals surface area contributed by atoms with Crippen molar-refractivity contribution in [3.63, 3.8) is 0 Å². The lowest BCUT2D eigenvalue weighted by Gasteiger charge is -2.12. The third-order valence-corrected chi connectivity index (χ3v) is 4.84. The van der Waals surface area contributed by atoms with Crippen LogP contribution >= 0.6 is 0 Å². The van der Waals surface area contributed by atoms with Gasteiger partial charge in [0.2, 0.25) is 0 Å². The molecule has 0 saturated heterocycles. The average molecular weight is 347 g/mol. The van der Waals surface area contributed by atoms with E-state index in [4.69, 9.17) is 4.74 Å². The Morgan fingerprint density at radius 2 is 1.75 bits per heavy atom. The summed E-state index contributed by atoms with van der Waals surface area (Å²) in [6.07, 6.45) is 1.68. The van der Waals surface area contributed by atoms with Crippen LogP contribution in [-0.2, 0) is 14.8 Å². The summed E-state index contributed by atoms with van der Waals surface area (Å²) < 4.78 is 32.6. The lowest BCUT2D eigenvalue weighted by molar-refractivity contribution is 0.0501. The molecule has 0 aromatic heterocycles. The van der Waals surface area contributed by atoms with Crippen LogP contribution in [0.1, 0.15) is 35.7 Å². The van der Waals surface area contributed by atoms with Crippen molar-refractivity contribution in [3.8, 4) is 0 Å². The van der Waals surface area contributed by atoms with E-state index in [1.165, 1.54) is 12.1 Å². The molecule has 0 bridgehead atoms. The molecule has 0 aliphatic rings. The van der Waals surface area contributed by atoms with Crippen molar-refractivity contribution in [1.29, 1.82) is 0 Å². The molecule has 0 amide bonds. The van der Waals surface area contributed by atoms with Crippen LogP contribution < -0.4 is 4.72 Å². The largest absolute Gasteiger partial charge is 0.462 e. The number of anilines is 1. The van der Waals surface area contributed by atoms with E-state index in [-0.39, 0.29) is 16.1 Å². The first-order valence-corrected chi connectivity index (χ1v) is 9.28. The van der Waals surface area contributed by atoms with Crippen molar-refractivity contribution in [2.75, 3.05) is 11.3 Å². The number of nitrogens with one attached hydrogen (secondary N) is 1. The van der Waals surface area contributed by atoms with Gasteiger partial charge >= 0.3 is 5.97 Å². The molecule has 0 unspecified atom stereocenters. The molecular formula is C18H21NO4S. The zero-order chi connectivity index (χ0) is 17.6. The van der Waals surface area contributed by atoms with E-state index in [0.29, 0.717) is 6.61 Å². The van der Waals surface area contributed by atoms with E-state index in [1.807, 2.05) is 13.8 Å². The van der Waals surface area contributed by atoms with Gasteiger partial charge in [0.25, 0.3) is 10.0 Å². The van der Waals surface area contributed by atoms with Crippen molar-refractivity contribution in [1.82, 2.24) is 0 Å². The molecule has 2 aromatic rings. The summed E-state index contributed by atoms with van der Waals surface area (Å²) in [6.45, 7) is 4.19. The predicted octanol–water partition coefficient (Wildman–Crippen LogP) is 3.75. The van der Waals surface area contributed by atoms with Crippen molar-refractivity contribution in [2.24, 2.45) is 0 Å². The van der Waals surface area contributed by atoms with Gasteiger partial charge in [-0.2, -0.15) is 0 Å². The number of carbonyl (C=O) groups excluding carboxylic acids is 1. The molecule has 2 aromatic carbocycles. The highest BCUT2D eigenvalue weighted by Gasteiger charge is 2.19. The second kappa shape index (κ2) is 7.97. The van der Waals surface area contributed by atoms with E-state index in [2.05, 4.69) is 4.72 Å². The molecule has 0 heterocycles. The number of sulfonamides is 1. The number of rotatable bonds is 7. The topological polar surface area (TPSA) is 72.5 Å². The highest BCUT2D eigenvalue weighted by Crippen LogP contribution is 2.21. The molecule has 5 nitrogen and oxygen atoms in total. The number of para-hydroxylation sites is 1. The van der Waals surface area contributed by atoms with E-state index < -0.39 is 16.0 Å². The van der Waals surface area contributed by atoms with E-state index in [1.54, 1.807) is 36.4 Å². The average Bonchev–Trinajstić information content (AvgIpc) is 2.55. The minimum absolute atomic E-state index is 0.141. The van der Waals surface area contributed by atoms with Crippen LogP contribution in [0.4, 0.5) is 5.69 Å². The minimum Gasteiger partial charge on any atom is -0.462 e. The highest BCUT2D eigenvalue weighted by molar-refractivity contribution is 7.92. The van der Waals surface area contributed by atoms with E-state index in [9.17, 15) is 13.2 Å². The number of esters is 1.